The van der Waals surface area contributed by atoms with Gasteiger partial charge in [0, 0.05) is 18.9 Å². The number of esters is 2. The molecule has 0 spiro atoms. The van der Waals surface area contributed by atoms with Gasteiger partial charge in [0.15, 0.2) is 0 Å². The predicted molar refractivity (Wildman–Crippen MR) is 164 cm³/mol. The van der Waals surface area contributed by atoms with Crippen LogP contribution in [0.25, 0.3) is 0 Å². The van der Waals surface area contributed by atoms with Gasteiger partial charge in [-0.15, -0.1) is 0 Å². The number of ether oxygens (including phenoxy) is 2. The summed E-state index contributed by atoms with van der Waals surface area (Å²) in [5.41, 5.74) is 1.36. The van der Waals surface area contributed by atoms with Crippen molar-refractivity contribution in [3.63, 3.8) is 0 Å². The lowest BCUT2D eigenvalue weighted by Gasteiger charge is -2.72. The van der Waals surface area contributed by atoms with Gasteiger partial charge in [-0.05, 0) is 117 Å². The summed E-state index contributed by atoms with van der Waals surface area (Å²) in [7, 11) is 1.40. The van der Waals surface area contributed by atoms with E-state index in [0.29, 0.717) is 36.1 Å². The maximum absolute atomic E-state index is 14.1. The van der Waals surface area contributed by atoms with Crippen LogP contribution in [0.1, 0.15) is 119 Å². The van der Waals surface area contributed by atoms with Crippen molar-refractivity contribution < 1.29 is 23.9 Å². The van der Waals surface area contributed by atoms with Crippen molar-refractivity contribution in [2.24, 2.45) is 56.7 Å². The third-order valence-corrected chi connectivity index (χ3v) is 14.6. The summed E-state index contributed by atoms with van der Waals surface area (Å²) in [6.45, 7) is 21.0. The third-order valence-electron chi connectivity index (χ3n) is 14.6. The Morgan fingerprint density at radius 2 is 1.55 bits per heavy atom. The summed E-state index contributed by atoms with van der Waals surface area (Å²) in [5.74, 6) is 2.00. The van der Waals surface area contributed by atoms with Crippen LogP contribution < -0.4 is 5.32 Å². The van der Waals surface area contributed by atoms with E-state index in [1.165, 1.54) is 38.4 Å². The van der Waals surface area contributed by atoms with Crippen LogP contribution in [0.5, 0.6) is 0 Å². The lowest BCUT2D eigenvalue weighted by molar-refractivity contribution is -0.248. The first-order chi connectivity index (χ1) is 19.6. The van der Waals surface area contributed by atoms with Gasteiger partial charge in [-0.25, -0.2) is 0 Å². The molecule has 5 aliphatic rings. The second-order valence-electron chi connectivity index (χ2n) is 16.4. The molecule has 0 saturated heterocycles. The highest BCUT2D eigenvalue weighted by Gasteiger charge is 2.72. The maximum atomic E-state index is 14.1. The van der Waals surface area contributed by atoms with Gasteiger partial charge < -0.3 is 14.8 Å². The highest BCUT2D eigenvalue weighted by molar-refractivity contribution is 5.84. The number of amides is 1. The molecule has 5 rings (SSSR count). The van der Waals surface area contributed by atoms with Crippen molar-refractivity contribution in [1.82, 2.24) is 5.32 Å². The van der Waals surface area contributed by atoms with E-state index in [0.717, 1.165) is 38.5 Å². The Hall–Kier alpha value is -1.85. The first kappa shape index (κ1) is 31.6. The summed E-state index contributed by atoms with van der Waals surface area (Å²) < 4.78 is 10.7. The minimum absolute atomic E-state index is 0.00726. The van der Waals surface area contributed by atoms with Gasteiger partial charge in [0.1, 0.15) is 6.10 Å². The minimum Gasteiger partial charge on any atom is -0.469 e. The number of allylic oxidation sites excluding steroid dienone is 1. The zero-order valence-electron chi connectivity index (χ0n) is 27.7. The summed E-state index contributed by atoms with van der Waals surface area (Å²) in [4.78, 5) is 37.8. The molecule has 0 aromatic heterocycles. The molecule has 6 nitrogen and oxygen atoms in total. The fourth-order valence-electron chi connectivity index (χ4n) is 12.5. The van der Waals surface area contributed by atoms with Gasteiger partial charge in [-0.1, -0.05) is 46.8 Å². The van der Waals surface area contributed by atoms with Gasteiger partial charge in [0.25, 0.3) is 0 Å². The number of carbonyl (C=O) groups excluding carboxylic acids is 3. The molecule has 0 aromatic rings. The van der Waals surface area contributed by atoms with Crippen LogP contribution in [-0.2, 0) is 23.9 Å². The highest BCUT2D eigenvalue weighted by Crippen LogP contribution is 2.77. The normalized spacial score (nSPS) is 45.3. The molecule has 1 amide bonds. The average Bonchev–Trinajstić information content (AvgIpc) is 3.32. The van der Waals surface area contributed by atoms with Crippen LogP contribution >= 0.6 is 0 Å². The third kappa shape index (κ3) is 4.42. The summed E-state index contributed by atoms with van der Waals surface area (Å²) in [6, 6.07) is 0. The van der Waals surface area contributed by atoms with Gasteiger partial charge in [-0.3, -0.25) is 14.4 Å². The molecular formula is C36H57NO5. The molecular weight excluding hydrogens is 526 g/mol. The minimum atomic E-state index is -0.377. The molecule has 0 aliphatic heterocycles. The smallest absolute Gasteiger partial charge is 0.307 e. The van der Waals surface area contributed by atoms with Crippen molar-refractivity contribution in [3.05, 3.63) is 12.2 Å². The van der Waals surface area contributed by atoms with Crippen molar-refractivity contribution in [1.29, 1.82) is 0 Å². The predicted octanol–water partition coefficient (Wildman–Crippen LogP) is 7.26. The number of hydrogen-bond donors (Lipinski definition) is 1. The van der Waals surface area contributed by atoms with Crippen LogP contribution in [-0.4, -0.2) is 37.6 Å². The molecule has 0 heterocycles. The number of rotatable bonds is 6. The topological polar surface area (TPSA) is 81.7 Å². The van der Waals surface area contributed by atoms with E-state index >= 15 is 0 Å². The van der Waals surface area contributed by atoms with Crippen molar-refractivity contribution in [3.8, 4) is 0 Å². The number of nitrogens with one attached hydrogen (secondary N) is 1. The van der Waals surface area contributed by atoms with Crippen LogP contribution in [0, 0.1) is 56.7 Å². The molecule has 236 valence electrons. The molecule has 5 aliphatic carbocycles. The van der Waals surface area contributed by atoms with Crippen molar-refractivity contribution >= 4 is 17.8 Å². The Bertz CT molecular complexity index is 1130. The van der Waals surface area contributed by atoms with Crippen LogP contribution in [0.3, 0.4) is 0 Å². The molecule has 0 bridgehead atoms. The number of methoxy groups -OCH3 is 1. The van der Waals surface area contributed by atoms with Gasteiger partial charge in [0.05, 0.1) is 18.9 Å². The molecule has 5 fully saturated rings. The molecule has 0 radical (unpaired) electrons. The van der Waals surface area contributed by atoms with Gasteiger partial charge in [-0.2, -0.15) is 0 Å². The van der Waals surface area contributed by atoms with E-state index in [2.05, 4.69) is 53.4 Å². The highest BCUT2D eigenvalue weighted by atomic mass is 16.5. The van der Waals surface area contributed by atoms with E-state index in [4.69, 9.17) is 9.47 Å². The Kier molecular flexibility index (Phi) is 8.00. The fraction of sp³-hybridized carbons (Fsp3) is 0.861. The van der Waals surface area contributed by atoms with E-state index in [-0.39, 0.29) is 57.4 Å². The summed E-state index contributed by atoms with van der Waals surface area (Å²) >= 11 is 0. The molecule has 42 heavy (non-hydrogen) atoms. The largest absolute Gasteiger partial charge is 0.469 e. The Morgan fingerprint density at radius 1 is 0.833 bits per heavy atom. The van der Waals surface area contributed by atoms with Crippen LogP contribution in [0.15, 0.2) is 12.2 Å². The van der Waals surface area contributed by atoms with Crippen LogP contribution in [0.2, 0.25) is 0 Å². The number of carbonyl (C=O) groups is 3. The molecule has 10 atom stereocenters. The first-order valence-electron chi connectivity index (χ1n) is 16.8. The summed E-state index contributed by atoms with van der Waals surface area (Å²) in [6.07, 6.45) is 10.9. The molecule has 5 saturated carbocycles. The first-order valence-corrected chi connectivity index (χ1v) is 16.8. The average molecular weight is 584 g/mol. The van der Waals surface area contributed by atoms with Gasteiger partial charge >= 0.3 is 11.9 Å². The zero-order valence-corrected chi connectivity index (χ0v) is 27.7. The Morgan fingerprint density at radius 3 is 2.19 bits per heavy atom. The maximum Gasteiger partial charge on any atom is 0.307 e. The number of fused-ring (bicyclic) bond motifs is 7. The van der Waals surface area contributed by atoms with E-state index in [1.54, 1.807) is 6.92 Å². The van der Waals surface area contributed by atoms with E-state index in [9.17, 15) is 14.4 Å². The monoisotopic (exact) mass is 583 g/mol. The molecule has 1 N–H and O–H groups in total. The molecule has 0 unspecified atom stereocenters. The molecule has 6 heteroatoms. The van der Waals surface area contributed by atoms with Crippen molar-refractivity contribution in [2.45, 2.75) is 125 Å². The zero-order chi connectivity index (χ0) is 30.9. The second kappa shape index (κ2) is 10.6. The number of hydrogen-bond acceptors (Lipinski definition) is 5. The van der Waals surface area contributed by atoms with Gasteiger partial charge in [0.2, 0.25) is 5.91 Å². The van der Waals surface area contributed by atoms with Crippen molar-refractivity contribution in [2.75, 3.05) is 13.7 Å². The standard InChI is InChI=1S/C36H57NO5/c1-22(2)24-12-18-36(31(40)37-21-15-29(39)41-9)20-19-34(7)25(30(24)36)10-11-27-33(6)16-14-28(42-23(3)38)32(4,5)26(33)13-17-35(27,34)8/h24-28,30H,1,10-21H2,2-9H3,(H,37,40)/t24-,25+,26-,27+,28-,30+,33-,34+,35+,36-/m0/s1. The summed E-state index contributed by atoms with van der Waals surface area (Å²) in [5, 5.41) is 3.18. The molecule has 0 aromatic carbocycles. The fourth-order valence-corrected chi connectivity index (χ4v) is 12.5. The lowest BCUT2D eigenvalue weighted by atomic mass is 9.32. The van der Waals surface area contributed by atoms with E-state index < -0.39 is 0 Å². The Labute approximate surface area is 254 Å². The van der Waals surface area contributed by atoms with Crippen LogP contribution in [0.4, 0.5) is 0 Å². The van der Waals surface area contributed by atoms with E-state index in [1.807, 2.05) is 0 Å². The SMILES string of the molecule is C=C(C)[C@@H]1CC[C@]2(C(=O)NCCC(=O)OC)CC[C@]3(C)[C@H](CC[C@@H]4[C@@]5(C)CC[C@H](OC(C)=O)C(C)(C)[C@@H]5CC[C@]43C)[C@@H]12. The Balaban J connectivity index is 1.46. The lowest BCUT2D eigenvalue weighted by Crippen LogP contribution is -2.67. The quantitative estimate of drug-likeness (QED) is 0.263. The second-order valence-corrected chi connectivity index (χ2v) is 16.4.